The molecule has 6 heteroatoms. The number of aromatic nitrogens is 2. The number of methoxy groups -OCH3 is 2. The minimum Gasteiger partial charge on any atom is -0.493 e. The number of para-hydroxylation sites is 2. The van der Waals surface area contributed by atoms with Crippen LogP contribution in [0.25, 0.3) is 22.4 Å². The van der Waals surface area contributed by atoms with E-state index in [1.54, 1.807) is 14.2 Å². The summed E-state index contributed by atoms with van der Waals surface area (Å²) in [6.45, 7) is 2.13. The molecule has 1 heterocycles. The number of fused-ring (bicyclic) bond motifs is 1. The zero-order valence-electron chi connectivity index (χ0n) is 17.8. The van der Waals surface area contributed by atoms with Crippen molar-refractivity contribution in [2.24, 2.45) is 0 Å². The maximum atomic E-state index is 12.9. The molecule has 3 aromatic carbocycles. The Morgan fingerprint density at radius 1 is 0.968 bits per heavy atom. The van der Waals surface area contributed by atoms with Crippen LogP contribution in [-0.2, 0) is 11.3 Å². The quantitative estimate of drug-likeness (QED) is 0.479. The molecule has 158 valence electrons. The fourth-order valence-electron chi connectivity index (χ4n) is 3.69. The third-order valence-electron chi connectivity index (χ3n) is 5.28. The molecule has 31 heavy (non-hydrogen) atoms. The van der Waals surface area contributed by atoms with Crippen LogP contribution in [0.5, 0.6) is 11.5 Å². The lowest BCUT2D eigenvalue weighted by molar-refractivity contribution is -0.122. The maximum absolute atomic E-state index is 12.9. The van der Waals surface area contributed by atoms with Crippen molar-refractivity contribution < 1.29 is 14.3 Å². The number of rotatable bonds is 7. The van der Waals surface area contributed by atoms with Crippen molar-refractivity contribution in [3.63, 3.8) is 0 Å². The minimum atomic E-state index is -0.0898. The smallest absolute Gasteiger partial charge is 0.240 e. The Morgan fingerprint density at radius 3 is 2.42 bits per heavy atom. The number of hydrogen-bond acceptors (Lipinski definition) is 4. The molecule has 4 rings (SSSR count). The first kappa shape index (κ1) is 20.5. The van der Waals surface area contributed by atoms with Gasteiger partial charge in [-0.05, 0) is 42.8 Å². The van der Waals surface area contributed by atoms with Crippen LogP contribution in [0.3, 0.4) is 0 Å². The highest BCUT2D eigenvalue weighted by atomic mass is 16.5. The van der Waals surface area contributed by atoms with Crippen molar-refractivity contribution in [2.45, 2.75) is 19.5 Å². The van der Waals surface area contributed by atoms with Gasteiger partial charge in [0.1, 0.15) is 12.4 Å². The second-order valence-electron chi connectivity index (χ2n) is 7.28. The summed E-state index contributed by atoms with van der Waals surface area (Å²) in [5.74, 6) is 1.87. The van der Waals surface area contributed by atoms with Crippen LogP contribution in [0, 0.1) is 0 Å². The van der Waals surface area contributed by atoms with Crippen LogP contribution in [0.4, 0.5) is 0 Å². The lowest BCUT2D eigenvalue weighted by atomic mass is 10.1. The lowest BCUT2D eigenvalue weighted by Crippen LogP contribution is -2.30. The molecule has 1 N–H and O–H groups in total. The van der Waals surface area contributed by atoms with E-state index in [2.05, 4.69) is 5.32 Å². The normalized spacial score (nSPS) is 11.8. The van der Waals surface area contributed by atoms with Crippen molar-refractivity contribution in [1.82, 2.24) is 14.9 Å². The number of nitrogens with zero attached hydrogens (tertiary/aromatic N) is 2. The van der Waals surface area contributed by atoms with Gasteiger partial charge in [0, 0.05) is 5.56 Å². The van der Waals surface area contributed by atoms with Gasteiger partial charge in [-0.2, -0.15) is 0 Å². The molecular weight excluding hydrogens is 390 g/mol. The number of benzene rings is 3. The third kappa shape index (κ3) is 4.23. The van der Waals surface area contributed by atoms with Crippen molar-refractivity contribution in [3.8, 4) is 22.9 Å². The molecule has 0 radical (unpaired) electrons. The monoisotopic (exact) mass is 415 g/mol. The largest absolute Gasteiger partial charge is 0.493 e. The van der Waals surface area contributed by atoms with Gasteiger partial charge in [0.15, 0.2) is 11.5 Å². The van der Waals surface area contributed by atoms with E-state index in [-0.39, 0.29) is 18.5 Å². The van der Waals surface area contributed by atoms with Gasteiger partial charge in [-0.25, -0.2) is 4.98 Å². The summed E-state index contributed by atoms with van der Waals surface area (Å²) in [6, 6.07) is 23.3. The summed E-state index contributed by atoms with van der Waals surface area (Å²) < 4.78 is 12.7. The topological polar surface area (TPSA) is 65.4 Å². The Labute approximate surface area is 181 Å². The molecule has 4 aromatic rings. The Hall–Kier alpha value is -3.80. The average molecular weight is 415 g/mol. The van der Waals surface area contributed by atoms with Crippen molar-refractivity contribution in [1.29, 1.82) is 0 Å². The van der Waals surface area contributed by atoms with E-state index in [1.165, 1.54) is 0 Å². The summed E-state index contributed by atoms with van der Waals surface area (Å²) in [4.78, 5) is 17.7. The lowest BCUT2D eigenvalue weighted by Gasteiger charge is -2.16. The van der Waals surface area contributed by atoms with Gasteiger partial charge in [0.05, 0.1) is 31.3 Å². The summed E-state index contributed by atoms with van der Waals surface area (Å²) in [7, 11) is 3.20. The van der Waals surface area contributed by atoms with Gasteiger partial charge < -0.3 is 19.4 Å². The van der Waals surface area contributed by atoms with Gasteiger partial charge in [0.2, 0.25) is 5.91 Å². The molecule has 1 atom stereocenters. The van der Waals surface area contributed by atoms with Gasteiger partial charge in [-0.1, -0.05) is 42.5 Å². The molecule has 6 nitrogen and oxygen atoms in total. The van der Waals surface area contributed by atoms with Crippen molar-refractivity contribution >= 4 is 16.9 Å². The second-order valence-corrected chi connectivity index (χ2v) is 7.28. The molecular formula is C25H25N3O3. The molecule has 0 saturated heterocycles. The molecule has 1 aromatic heterocycles. The van der Waals surface area contributed by atoms with E-state index in [0.29, 0.717) is 17.3 Å². The summed E-state index contributed by atoms with van der Waals surface area (Å²) in [5.41, 5.74) is 3.63. The number of nitrogens with one attached hydrogen (secondary N) is 1. The molecule has 0 spiro atoms. The fraction of sp³-hybridized carbons (Fsp3) is 0.200. The SMILES string of the molecule is COc1ccc(-c2nc3ccccc3n2CC(=O)NC(C)c2ccccc2)cc1OC. The number of ether oxygens (including phenoxy) is 2. The second kappa shape index (κ2) is 8.92. The van der Waals surface area contributed by atoms with Crippen LogP contribution in [-0.4, -0.2) is 29.7 Å². The van der Waals surface area contributed by atoms with Crippen LogP contribution >= 0.6 is 0 Å². The van der Waals surface area contributed by atoms with Gasteiger partial charge in [-0.3, -0.25) is 4.79 Å². The van der Waals surface area contributed by atoms with Crippen LogP contribution in [0.2, 0.25) is 0 Å². The number of amides is 1. The van der Waals surface area contributed by atoms with Crippen molar-refractivity contribution in [3.05, 3.63) is 78.4 Å². The highest BCUT2D eigenvalue weighted by molar-refractivity contribution is 5.85. The Bertz CT molecular complexity index is 1200. The Balaban J connectivity index is 1.68. The van der Waals surface area contributed by atoms with E-state index in [9.17, 15) is 4.79 Å². The maximum Gasteiger partial charge on any atom is 0.240 e. The first-order chi connectivity index (χ1) is 15.1. The summed E-state index contributed by atoms with van der Waals surface area (Å²) >= 11 is 0. The van der Waals surface area contributed by atoms with E-state index >= 15 is 0 Å². The van der Waals surface area contributed by atoms with Gasteiger partial charge in [-0.15, -0.1) is 0 Å². The highest BCUT2D eigenvalue weighted by Crippen LogP contribution is 2.33. The summed E-state index contributed by atoms with van der Waals surface area (Å²) in [5, 5.41) is 3.09. The van der Waals surface area contributed by atoms with Gasteiger partial charge >= 0.3 is 0 Å². The molecule has 0 aliphatic rings. The Morgan fingerprint density at radius 2 is 1.68 bits per heavy atom. The molecule has 0 fully saturated rings. The van der Waals surface area contributed by atoms with E-state index < -0.39 is 0 Å². The first-order valence-electron chi connectivity index (χ1n) is 10.1. The zero-order chi connectivity index (χ0) is 21.8. The predicted molar refractivity (Wildman–Crippen MR) is 121 cm³/mol. The molecule has 0 bridgehead atoms. The average Bonchev–Trinajstić information content (AvgIpc) is 3.17. The van der Waals surface area contributed by atoms with E-state index in [4.69, 9.17) is 14.5 Å². The van der Waals surface area contributed by atoms with E-state index in [1.807, 2.05) is 84.3 Å². The zero-order valence-corrected chi connectivity index (χ0v) is 17.8. The van der Waals surface area contributed by atoms with E-state index in [0.717, 1.165) is 22.2 Å². The third-order valence-corrected chi connectivity index (χ3v) is 5.28. The molecule has 0 aliphatic carbocycles. The summed E-state index contributed by atoms with van der Waals surface area (Å²) in [6.07, 6.45) is 0. The first-order valence-corrected chi connectivity index (χ1v) is 10.1. The van der Waals surface area contributed by atoms with Crippen LogP contribution in [0.1, 0.15) is 18.5 Å². The standard InChI is InChI=1S/C25H25N3O3/c1-17(18-9-5-4-6-10-18)26-24(29)16-28-21-12-8-7-11-20(21)27-25(28)19-13-14-22(30-2)23(15-19)31-3/h4-15,17H,16H2,1-3H3,(H,26,29). The molecule has 0 aliphatic heterocycles. The van der Waals surface area contributed by atoms with Gasteiger partial charge in [0.25, 0.3) is 0 Å². The number of hydrogen-bond donors (Lipinski definition) is 1. The molecule has 1 unspecified atom stereocenters. The Kier molecular flexibility index (Phi) is 5.89. The minimum absolute atomic E-state index is 0.0822. The molecule has 1 amide bonds. The number of imidazole rings is 1. The predicted octanol–water partition coefficient (Wildman–Crippen LogP) is 4.60. The number of carbonyl (C=O) groups excluding carboxylic acids is 1. The highest BCUT2D eigenvalue weighted by Gasteiger charge is 2.18. The van der Waals surface area contributed by atoms with Crippen LogP contribution < -0.4 is 14.8 Å². The number of carbonyl (C=O) groups is 1. The molecule has 0 saturated carbocycles. The van der Waals surface area contributed by atoms with Crippen molar-refractivity contribution in [2.75, 3.05) is 14.2 Å². The van der Waals surface area contributed by atoms with Crippen LogP contribution in [0.15, 0.2) is 72.8 Å². The fourth-order valence-corrected chi connectivity index (χ4v) is 3.69.